The molecule has 3 atom stereocenters. The molecule has 33 heavy (non-hydrogen) atoms. The van der Waals surface area contributed by atoms with Crippen LogP contribution < -0.4 is 0 Å². The molecule has 2 saturated heterocycles. The lowest BCUT2D eigenvalue weighted by atomic mass is 9.92. The predicted molar refractivity (Wildman–Crippen MR) is 114 cm³/mol. The first-order valence-corrected chi connectivity index (χ1v) is 11.9. The first-order valence-electron chi connectivity index (χ1n) is 10.3. The SMILES string of the molecule is CC(C)(C)C(=O)OCOC(=O)[C@@H]1N2C(=O)[C@H](COC(=O)c3ccccc3)[C@H]2S(=O)(=O)C1(C)C. The Morgan fingerprint density at radius 3 is 2.21 bits per heavy atom. The molecule has 1 aromatic carbocycles. The number of nitrogens with zero attached hydrogens (tertiary/aromatic N) is 1. The fourth-order valence-corrected chi connectivity index (χ4v) is 6.10. The van der Waals surface area contributed by atoms with E-state index in [0.29, 0.717) is 0 Å². The highest BCUT2D eigenvalue weighted by Gasteiger charge is 2.72. The summed E-state index contributed by atoms with van der Waals surface area (Å²) in [5.74, 6) is -4.05. The summed E-state index contributed by atoms with van der Waals surface area (Å²) in [6.45, 7) is 6.39. The van der Waals surface area contributed by atoms with E-state index < -0.39 is 74.5 Å². The zero-order chi connectivity index (χ0) is 24.8. The highest BCUT2D eigenvalue weighted by atomic mass is 32.2. The maximum atomic E-state index is 13.1. The Bertz CT molecular complexity index is 1070. The van der Waals surface area contributed by atoms with E-state index in [1.807, 2.05) is 0 Å². The molecule has 10 nitrogen and oxygen atoms in total. The second-order valence-corrected chi connectivity index (χ2v) is 12.1. The Kier molecular flexibility index (Phi) is 6.31. The molecule has 1 aromatic rings. The topological polar surface area (TPSA) is 133 Å². The fraction of sp³-hybridized carbons (Fsp3) is 0.545. The van der Waals surface area contributed by atoms with Crippen LogP contribution in [0.1, 0.15) is 45.0 Å². The van der Waals surface area contributed by atoms with E-state index in [1.165, 1.54) is 26.0 Å². The quantitative estimate of drug-likeness (QED) is 0.335. The van der Waals surface area contributed by atoms with E-state index in [2.05, 4.69) is 0 Å². The number of β-lactam (4-membered cyclic amide) rings is 1. The summed E-state index contributed by atoms with van der Waals surface area (Å²) in [6.07, 6.45) is 0. The van der Waals surface area contributed by atoms with Crippen LogP contribution in [0.4, 0.5) is 0 Å². The third-order valence-corrected chi connectivity index (χ3v) is 8.69. The molecule has 1 amide bonds. The van der Waals surface area contributed by atoms with Crippen LogP contribution >= 0.6 is 0 Å². The Morgan fingerprint density at radius 2 is 1.64 bits per heavy atom. The molecular formula is C22H27NO9S. The molecule has 0 N–H and O–H groups in total. The number of sulfone groups is 1. The van der Waals surface area contributed by atoms with Gasteiger partial charge in [-0.1, -0.05) is 18.2 Å². The molecule has 2 aliphatic heterocycles. The van der Waals surface area contributed by atoms with Crippen LogP contribution in [0.15, 0.2) is 30.3 Å². The van der Waals surface area contributed by atoms with Crippen LogP contribution in [0, 0.1) is 11.3 Å². The van der Waals surface area contributed by atoms with Gasteiger partial charge in [-0.15, -0.1) is 0 Å². The van der Waals surface area contributed by atoms with Crippen molar-refractivity contribution in [3.63, 3.8) is 0 Å². The first kappa shape index (κ1) is 24.7. The molecule has 0 unspecified atom stereocenters. The molecule has 0 spiro atoms. The average molecular weight is 482 g/mol. The highest BCUT2D eigenvalue weighted by molar-refractivity contribution is 7.93. The third kappa shape index (κ3) is 4.21. The molecule has 0 bridgehead atoms. The average Bonchev–Trinajstić information content (AvgIpc) is 2.87. The smallest absolute Gasteiger partial charge is 0.338 e. The lowest BCUT2D eigenvalue weighted by Gasteiger charge is -2.42. The van der Waals surface area contributed by atoms with E-state index in [1.54, 1.807) is 39.0 Å². The zero-order valence-electron chi connectivity index (χ0n) is 19.1. The number of benzene rings is 1. The maximum Gasteiger partial charge on any atom is 0.338 e. The van der Waals surface area contributed by atoms with Crippen LogP contribution in [0.5, 0.6) is 0 Å². The van der Waals surface area contributed by atoms with Crippen LogP contribution in [-0.4, -0.2) is 66.7 Å². The molecule has 3 rings (SSSR count). The number of carbonyl (C=O) groups excluding carboxylic acids is 4. The van der Waals surface area contributed by atoms with Crippen LogP contribution in [0.25, 0.3) is 0 Å². The normalized spacial score (nSPS) is 24.9. The molecule has 2 heterocycles. The molecule has 0 aromatic heterocycles. The van der Waals surface area contributed by atoms with Crippen molar-refractivity contribution in [1.29, 1.82) is 0 Å². The van der Waals surface area contributed by atoms with Gasteiger partial charge in [-0.05, 0) is 46.8 Å². The van der Waals surface area contributed by atoms with Crippen LogP contribution in [-0.2, 0) is 38.4 Å². The van der Waals surface area contributed by atoms with Crippen molar-refractivity contribution in [2.45, 2.75) is 50.8 Å². The summed E-state index contributed by atoms with van der Waals surface area (Å²) in [4.78, 5) is 50.5. The van der Waals surface area contributed by atoms with Crippen molar-refractivity contribution in [3.8, 4) is 0 Å². The third-order valence-electron chi connectivity index (χ3n) is 5.81. The van der Waals surface area contributed by atoms with Gasteiger partial charge in [0.05, 0.1) is 15.7 Å². The molecule has 11 heteroatoms. The van der Waals surface area contributed by atoms with E-state index in [-0.39, 0.29) is 5.56 Å². The van der Waals surface area contributed by atoms with E-state index in [4.69, 9.17) is 14.2 Å². The minimum atomic E-state index is -4.01. The summed E-state index contributed by atoms with van der Waals surface area (Å²) >= 11 is 0. The van der Waals surface area contributed by atoms with Crippen molar-refractivity contribution in [2.24, 2.45) is 11.3 Å². The number of esters is 3. The molecule has 0 radical (unpaired) electrons. The molecule has 180 valence electrons. The lowest BCUT2D eigenvalue weighted by Crippen LogP contribution is -2.65. The second-order valence-electron chi connectivity index (χ2n) is 9.52. The lowest BCUT2D eigenvalue weighted by molar-refractivity contribution is -0.181. The minimum absolute atomic E-state index is 0.266. The van der Waals surface area contributed by atoms with Gasteiger partial charge in [0.25, 0.3) is 0 Å². The number of rotatable bonds is 6. The monoisotopic (exact) mass is 481 g/mol. The number of fused-ring (bicyclic) bond motifs is 1. The van der Waals surface area contributed by atoms with Gasteiger partial charge in [-0.25, -0.2) is 18.0 Å². The first-order chi connectivity index (χ1) is 15.2. The van der Waals surface area contributed by atoms with Crippen molar-refractivity contribution in [3.05, 3.63) is 35.9 Å². The second kappa shape index (κ2) is 8.44. The van der Waals surface area contributed by atoms with Gasteiger partial charge in [0, 0.05) is 0 Å². The van der Waals surface area contributed by atoms with Gasteiger partial charge in [-0.3, -0.25) is 9.59 Å². The standard InChI is InChI=1S/C22H27NO9S/c1-21(2,3)20(27)32-12-31-19(26)15-22(4,5)33(28,29)17-14(16(24)23(15)17)11-30-18(25)13-9-7-6-8-10-13/h6-10,14-15,17H,11-12H2,1-5H3/t14-,15-,17+/m0/s1. The summed E-state index contributed by atoms with van der Waals surface area (Å²) in [7, 11) is -4.01. The predicted octanol–water partition coefficient (Wildman–Crippen LogP) is 1.29. The zero-order valence-corrected chi connectivity index (χ0v) is 19.9. The Hall–Kier alpha value is -2.95. The van der Waals surface area contributed by atoms with Gasteiger partial charge < -0.3 is 19.1 Å². The van der Waals surface area contributed by atoms with Crippen molar-refractivity contribution >= 4 is 33.7 Å². The van der Waals surface area contributed by atoms with Gasteiger partial charge in [0.15, 0.2) is 15.2 Å². The Balaban J connectivity index is 1.70. The van der Waals surface area contributed by atoms with Crippen LogP contribution in [0.3, 0.4) is 0 Å². The van der Waals surface area contributed by atoms with Crippen molar-refractivity contribution in [1.82, 2.24) is 4.90 Å². The van der Waals surface area contributed by atoms with Crippen molar-refractivity contribution in [2.75, 3.05) is 13.4 Å². The van der Waals surface area contributed by atoms with Gasteiger partial charge in [-0.2, -0.15) is 0 Å². The Labute approximate surface area is 192 Å². The largest absolute Gasteiger partial charge is 0.461 e. The van der Waals surface area contributed by atoms with Crippen LogP contribution in [0.2, 0.25) is 0 Å². The number of ether oxygens (including phenoxy) is 3. The highest BCUT2D eigenvalue weighted by Crippen LogP contribution is 2.49. The summed E-state index contributed by atoms with van der Waals surface area (Å²) < 4.78 is 39.7. The molecule has 0 saturated carbocycles. The van der Waals surface area contributed by atoms with E-state index in [9.17, 15) is 27.6 Å². The minimum Gasteiger partial charge on any atom is -0.461 e. The maximum absolute atomic E-state index is 13.1. The van der Waals surface area contributed by atoms with Crippen molar-refractivity contribution < 1.29 is 41.8 Å². The summed E-state index contributed by atoms with van der Waals surface area (Å²) in [5.41, 5.74) is -0.548. The van der Waals surface area contributed by atoms with Gasteiger partial charge in [0.2, 0.25) is 12.7 Å². The molecule has 0 aliphatic carbocycles. The van der Waals surface area contributed by atoms with Gasteiger partial charge >= 0.3 is 17.9 Å². The summed E-state index contributed by atoms with van der Waals surface area (Å²) in [6, 6.07) is 6.66. The summed E-state index contributed by atoms with van der Waals surface area (Å²) in [5, 5.41) is -1.32. The fourth-order valence-electron chi connectivity index (χ4n) is 3.80. The van der Waals surface area contributed by atoms with E-state index in [0.717, 1.165) is 4.90 Å². The van der Waals surface area contributed by atoms with Gasteiger partial charge in [0.1, 0.15) is 18.6 Å². The number of hydrogen-bond acceptors (Lipinski definition) is 9. The molecular weight excluding hydrogens is 454 g/mol. The number of carbonyl (C=O) groups is 4. The van der Waals surface area contributed by atoms with E-state index >= 15 is 0 Å². The molecule has 2 aliphatic rings. The number of amides is 1. The molecule has 2 fully saturated rings. The number of hydrogen-bond donors (Lipinski definition) is 0. The Morgan fingerprint density at radius 1 is 1.03 bits per heavy atom.